The Bertz CT molecular complexity index is 519. The normalized spacial score (nSPS) is 13.5. The predicted molar refractivity (Wildman–Crippen MR) is 76.9 cm³/mol. The maximum absolute atomic E-state index is 13.1. The van der Waals surface area contributed by atoms with Gasteiger partial charge in [-0.05, 0) is 37.1 Å². The molecule has 1 unspecified atom stereocenters. The Morgan fingerprint density at radius 2 is 2.11 bits per heavy atom. The van der Waals surface area contributed by atoms with Crippen molar-refractivity contribution in [2.24, 2.45) is 0 Å². The Morgan fingerprint density at radius 1 is 1.42 bits per heavy atom. The van der Waals surface area contributed by atoms with Gasteiger partial charge in [0.1, 0.15) is 15.7 Å². The zero-order chi connectivity index (χ0) is 14.5. The third-order valence-electron chi connectivity index (χ3n) is 2.65. The average Bonchev–Trinajstić information content (AvgIpc) is 2.29. The fourth-order valence-electron chi connectivity index (χ4n) is 1.86. The van der Waals surface area contributed by atoms with Gasteiger partial charge in [-0.3, -0.25) is 0 Å². The molecule has 0 aliphatic carbocycles. The molecule has 19 heavy (non-hydrogen) atoms. The monoisotopic (exact) mass is 307 g/mol. The zero-order valence-electron chi connectivity index (χ0n) is 11.1. The highest BCUT2D eigenvalue weighted by atomic mass is 35.5. The summed E-state index contributed by atoms with van der Waals surface area (Å²) in [6.45, 7) is 2.76. The molecule has 0 aromatic heterocycles. The van der Waals surface area contributed by atoms with Crippen molar-refractivity contribution in [2.75, 3.05) is 18.6 Å². The quantitative estimate of drug-likeness (QED) is 0.841. The lowest BCUT2D eigenvalue weighted by molar-refractivity contribution is 0.529. The smallest absolute Gasteiger partial charge is 0.148 e. The molecule has 6 heteroatoms. The van der Waals surface area contributed by atoms with Crippen molar-refractivity contribution >= 4 is 21.4 Å². The summed E-state index contributed by atoms with van der Waals surface area (Å²) in [4.78, 5) is 0. The molecule has 0 saturated carbocycles. The lowest BCUT2D eigenvalue weighted by Crippen LogP contribution is -2.37. The van der Waals surface area contributed by atoms with Crippen LogP contribution >= 0.6 is 11.6 Å². The van der Waals surface area contributed by atoms with E-state index in [2.05, 4.69) is 5.32 Å². The van der Waals surface area contributed by atoms with Gasteiger partial charge in [0.25, 0.3) is 0 Å². The number of sulfone groups is 1. The lowest BCUT2D eigenvalue weighted by Gasteiger charge is -2.17. The first kappa shape index (κ1) is 16.4. The summed E-state index contributed by atoms with van der Waals surface area (Å²) in [6.07, 6.45) is 2.64. The van der Waals surface area contributed by atoms with E-state index in [-0.39, 0.29) is 16.8 Å². The summed E-state index contributed by atoms with van der Waals surface area (Å²) in [5.74, 6) is -0.409. The van der Waals surface area contributed by atoms with Crippen molar-refractivity contribution in [3.63, 3.8) is 0 Å². The Labute approximate surface area is 119 Å². The van der Waals surface area contributed by atoms with Crippen LogP contribution in [0.5, 0.6) is 0 Å². The first-order valence-electron chi connectivity index (χ1n) is 6.17. The second-order valence-corrected chi connectivity index (χ2v) is 7.29. The predicted octanol–water partition coefficient (Wildman–Crippen LogP) is 2.43. The average molecular weight is 308 g/mol. The first-order valence-corrected chi connectivity index (χ1v) is 8.60. The maximum Gasteiger partial charge on any atom is 0.148 e. The van der Waals surface area contributed by atoms with E-state index in [1.165, 1.54) is 12.3 Å². The van der Waals surface area contributed by atoms with E-state index < -0.39 is 15.7 Å². The number of halogens is 2. The van der Waals surface area contributed by atoms with Gasteiger partial charge in [0.2, 0.25) is 0 Å². The molecule has 0 bridgehead atoms. The molecule has 0 aliphatic rings. The van der Waals surface area contributed by atoms with Crippen molar-refractivity contribution in [2.45, 2.75) is 25.8 Å². The van der Waals surface area contributed by atoms with Gasteiger partial charge in [-0.1, -0.05) is 24.6 Å². The highest BCUT2D eigenvalue weighted by molar-refractivity contribution is 7.90. The van der Waals surface area contributed by atoms with Crippen LogP contribution in [0.15, 0.2) is 18.2 Å². The molecule has 1 N–H and O–H groups in total. The van der Waals surface area contributed by atoms with Crippen LogP contribution < -0.4 is 5.32 Å². The number of rotatable bonds is 7. The number of benzene rings is 1. The van der Waals surface area contributed by atoms with Gasteiger partial charge in [0.05, 0.1) is 10.8 Å². The second-order valence-electron chi connectivity index (χ2n) is 4.70. The molecule has 0 aliphatic heterocycles. The maximum atomic E-state index is 13.1. The molecule has 1 aromatic carbocycles. The van der Waals surface area contributed by atoms with E-state index in [9.17, 15) is 12.8 Å². The molecule has 1 atom stereocenters. The van der Waals surface area contributed by atoms with E-state index in [1.54, 1.807) is 12.1 Å². The molecular weight excluding hydrogens is 289 g/mol. The highest BCUT2D eigenvalue weighted by Crippen LogP contribution is 2.17. The fourth-order valence-corrected chi connectivity index (χ4v) is 3.02. The third kappa shape index (κ3) is 6.36. The molecule has 3 nitrogen and oxygen atoms in total. The first-order chi connectivity index (χ1) is 8.81. The van der Waals surface area contributed by atoms with Gasteiger partial charge >= 0.3 is 0 Å². The Hall–Kier alpha value is -0.650. The van der Waals surface area contributed by atoms with Crippen LogP contribution in [0.2, 0.25) is 5.02 Å². The Morgan fingerprint density at radius 3 is 2.63 bits per heavy atom. The van der Waals surface area contributed by atoms with Crippen LogP contribution in [-0.2, 0) is 16.3 Å². The van der Waals surface area contributed by atoms with Crippen LogP contribution in [0.3, 0.4) is 0 Å². The molecule has 0 spiro atoms. The van der Waals surface area contributed by atoms with Crippen LogP contribution in [0.4, 0.5) is 4.39 Å². The summed E-state index contributed by atoms with van der Waals surface area (Å²) < 4.78 is 35.8. The van der Waals surface area contributed by atoms with E-state index in [4.69, 9.17) is 11.6 Å². The largest absolute Gasteiger partial charge is 0.313 e. The summed E-state index contributed by atoms with van der Waals surface area (Å²) >= 11 is 5.72. The number of nitrogens with one attached hydrogen (secondary N) is 1. The molecule has 0 heterocycles. The summed E-state index contributed by atoms with van der Waals surface area (Å²) in [5, 5.41) is 3.25. The van der Waals surface area contributed by atoms with Crippen molar-refractivity contribution in [3.05, 3.63) is 34.6 Å². The molecule has 0 fully saturated rings. The standard InChI is InChI=1S/C13H19ClFNO2S/c1-3-6-16-11(9-19(2,17)18)7-10-4-5-13(15)12(14)8-10/h4-5,8,11,16H,3,6-7,9H2,1-2H3. The third-order valence-corrected chi connectivity index (χ3v) is 3.95. The highest BCUT2D eigenvalue weighted by Gasteiger charge is 2.15. The van der Waals surface area contributed by atoms with E-state index in [0.29, 0.717) is 6.42 Å². The topological polar surface area (TPSA) is 46.2 Å². The number of hydrogen-bond acceptors (Lipinski definition) is 3. The molecule has 1 aromatic rings. The second kappa shape index (κ2) is 7.22. The van der Waals surface area contributed by atoms with E-state index in [1.807, 2.05) is 6.92 Å². The zero-order valence-corrected chi connectivity index (χ0v) is 12.7. The minimum Gasteiger partial charge on any atom is -0.313 e. The van der Waals surface area contributed by atoms with Crippen LogP contribution in [0, 0.1) is 5.82 Å². The molecule has 1 rings (SSSR count). The summed E-state index contributed by atoms with van der Waals surface area (Å²) in [5.41, 5.74) is 0.823. The molecule has 0 saturated heterocycles. The molecule has 0 amide bonds. The lowest BCUT2D eigenvalue weighted by atomic mass is 10.1. The fraction of sp³-hybridized carbons (Fsp3) is 0.538. The van der Waals surface area contributed by atoms with Crippen molar-refractivity contribution in [1.29, 1.82) is 0 Å². The van der Waals surface area contributed by atoms with Gasteiger partial charge in [-0.25, -0.2) is 12.8 Å². The number of hydrogen-bond donors (Lipinski definition) is 1. The van der Waals surface area contributed by atoms with Gasteiger partial charge < -0.3 is 5.32 Å². The van der Waals surface area contributed by atoms with Gasteiger partial charge in [-0.2, -0.15) is 0 Å². The van der Waals surface area contributed by atoms with Crippen molar-refractivity contribution in [3.8, 4) is 0 Å². The molecular formula is C13H19ClFNO2S. The van der Waals surface area contributed by atoms with Crippen LogP contribution in [-0.4, -0.2) is 33.0 Å². The van der Waals surface area contributed by atoms with Gasteiger partial charge in [0.15, 0.2) is 0 Å². The van der Waals surface area contributed by atoms with Gasteiger partial charge in [-0.15, -0.1) is 0 Å². The minimum absolute atomic E-state index is 0.0575. The van der Waals surface area contributed by atoms with Crippen LogP contribution in [0.25, 0.3) is 0 Å². The van der Waals surface area contributed by atoms with Gasteiger partial charge in [0, 0.05) is 12.3 Å². The SMILES string of the molecule is CCCNC(Cc1ccc(F)c(Cl)c1)CS(C)(=O)=O. The summed E-state index contributed by atoms with van der Waals surface area (Å²) in [6, 6.07) is 4.29. The Kier molecular flexibility index (Phi) is 6.23. The van der Waals surface area contributed by atoms with E-state index >= 15 is 0 Å². The van der Waals surface area contributed by atoms with Crippen molar-refractivity contribution in [1.82, 2.24) is 5.32 Å². The van der Waals surface area contributed by atoms with Crippen LogP contribution in [0.1, 0.15) is 18.9 Å². The minimum atomic E-state index is -3.06. The molecule has 0 radical (unpaired) electrons. The van der Waals surface area contributed by atoms with E-state index in [0.717, 1.165) is 18.5 Å². The summed E-state index contributed by atoms with van der Waals surface area (Å²) in [7, 11) is -3.06. The Balaban J connectivity index is 2.77. The molecule has 108 valence electrons. The van der Waals surface area contributed by atoms with Crippen molar-refractivity contribution < 1.29 is 12.8 Å².